The summed E-state index contributed by atoms with van der Waals surface area (Å²) in [4.78, 5) is 5.33. The van der Waals surface area contributed by atoms with Gasteiger partial charge in [-0.3, -0.25) is 4.98 Å². The van der Waals surface area contributed by atoms with Crippen LogP contribution >= 0.6 is 11.3 Å². The molecule has 2 aromatic rings. The lowest BCUT2D eigenvalue weighted by molar-refractivity contribution is 0.430. The number of rotatable bonds is 3. The Hall–Kier alpha value is -1.39. The van der Waals surface area contributed by atoms with Crippen molar-refractivity contribution in [3.63, 3.8) is 0 Å². The molecule has 2 N–H and O–H groups in total. The Kier molecular flexibility index (Phi) is 3.30. The van der Waals surface area contributed by atoms with E-state index in [-0.39, 0.29) is 0 Å². The first kappa shape index (κ1) is 11.7. The predicted molar refractivity (Wildman–Crippen MR) is 72.7 cm³/mol. The summed E-state index contributed by atoms with van der Waals surface area (Å²) in [5, 5.41) is 13.5. The molecule has 1 aromatic heterocycles. The summed E-state index contributed by atoms with van der Waals surface area (Å²) in [6.07, 6.45) is 5.16. The van der Waals surface area contributed by atoms with Crippen molar-refractivity contribution in [2.75, 3.05) is 0 Å². The third-order valence-electron chi connectivity index (χ3n) is 3.49. The van der Waals surface area contributed by atoms with Gasteiger partial charge in [-0.25, -0.2) is 0 Å². The van der Waals surface area contributed by atoms with Crippen LogP contribution in [0.1, 0.15) is 34.9 Å². The zero-order valence-electron chi connectivity index (χ0n) is 10.1. The van der Waals surface area contributed by atoms with Crippen molar-refractivity contribution < 1.29 is 5.11 Å². The second-order valence-electron chi connectivity index (χ2n) is 4.64. The van der Waals surface area contributed by atoms with Gasteiger partial charge in [-0.1, -0.05) is 12.1 Å². The van der Waals surface area contributed by atoms with E-state index in [0.29, 0.717) is 11.8 Å². The Morgan fingerprint density at radius 1 is 1.44 bits per heavy atom. The minimum Gasteiger partial charge on any atom is -0.508 e. The molecule has 0 saturated carbocycles. The number of phenols is 1. The van der Waals surface area contributed by atoms with Crippen LogP contribution in [0.2, 0.25) is 0 Å². The monoisotopic (exact) mass is 260 g/mol. The van der Waals surface area contributed by atoms with Crippen molar-refractivity contribution >= 4 is 11.3 Å². The average molecular weight is 260 g/mol. The van der Waals surface area contributed by atoms with E-state index in [1.54, 1.807) is 17.4 Å². The molecule has 4 heteroatoms. The van der Waals surface area contributed by atoms with E-state index in [1.165, 1.54) is 10.4 Å². The van der Waals surface area contributed by atoms with Gasteiger partial charge in [0.15, 0.2) is 0 Å². The largest absolute Gasteiger partial charge is 0.508 e. The van der Waals surface area contributed by atoms with Crippen molar-refractivity contribution in [3.05, 3.63) is 45.9 Å². The van der Waals surface area contributed by atoms with Gasteiger partial charge in [-0.05, 0) is 36.5 Å². The van der Waals surface area contributed by atoms with Crippen molar-refractivity contribution in [1.82, 2.24) is 10.3 Å². The molecule has 1 unspecified atom stereocenters. The highest BCUT2D eigenvalue weighted by atomic mass is 32.1. The number of benzene rings is 1. The van der Waals surface area contributed by atoms with Gasteiger partial charge in [-0.15, -0.1) is 11.3 Å². The third kappa shape index (κ3) is 2.26. The van der Waals surface area contributed by atoms with E-state index in [4.69, 9.17) is 0 Å². The summed E-state index contributed by atoms with van der Waals surface area (Å²) in [5.41, 5.74) is 4.23. The maximum absolute atomic E-state index is 9.89. The van der Waals surface area contributed by atoms with E-state index in [9.17, 15) is 5.11 Å². The first-order chi connectivity index (χ1) is 8.84. The molecule has 0 amide bonds. The van der Waals surface area contributed by atoms with Crippen LogP contribution in [0.25, 0.3) is 0 Å². The fourth-order valence-electron chi connectivity index (χ4n) is 2.59. The molecule has 1 atom stereocenters. The normalized spacial score (nSPS) is 18.6. The molecule has 0 bridgehead atoms. The standard InChI is InChI=1S/C14H16N2OS/c17-14-6-2-3-11-12(14)4-1-5-13(11)16-8-10-7-15-9-18-10/h2-3,6-7,9,13,16-17H,1,4-5,8H2. The van der Waals surface area contributed by atoms with Gasteiger partial charge in [0, 0.05) is 23.7 Å². The highest BCUT2D eigenvalue weighted by Crippen LogP contribution is 2.34. The molecular formula is C14H16N2OS. The maximum atomic E-state index is 9.89. The molecule has 1 aliphatic carbocycles. The number of nitrogens with zero attached hydrogens (tertiary/aromatic N) is 1. The number of phenolic OH excluding ortho intramolecular Hbond substituents is 1. The molecule has 3 nitrogen and oxygen atoms in total. The molecule has 1 heterocycles. The number of aromatic nitrogens is 1. The first-order valence-electron chi connectivity index (χ1n) is 6.26. The van der Waals surface area contributed by atoms with E-state index in [0.717, 1.165) is 31.4 Å². The molecule has 3 rings (SSSR count). The van der Waals surface area contributed by atoms with Crippen molar-refractivity contribution in [2.24, 2.45) is 0 Å². The zero-order valence-corrected chi connectivity index (χ0v) is 10.9. The fraction of sp³-hybridized carbons (Fsp3) is 0.357. The van der Waals surface area contributed by atoms with E-state index < -0.39 is 0 Å². The average Bonchev–Trinajstić information content (AvgIpc) is 2.90. The minimum atomic E-state index is 0.350. The number of hydrogen-bond donors (Lipinski definition) is 2. The molecule has 0 radical (unpaired) electrons. The van der Waals surface area contributed by atoms with Gasteiger partial charge in [-0.2, -0.15) is 0 Å². The van der Waals surface area contributed by atoms with Gasteiger partial charge in [0.25, 0.3) is 0 Å². The van der Waals surface area contributed by atoms with Crippen molar-refractivity contribution in [2.45, 2.75) is 31.8 Å². The Bertz CT molecular complexity index is 525. The van der Waals surface area contributed by atoms with Gasteiger partial charge < -0.3 is 10.4 Å². The topological polar surface area (TPSA) is 45.1 Å². The van der Waals surface area contributed by atoms with Gasteiger partial charge in [0.1, 0.15) is 5.75 Å². The van der Waals surface area contributed by atoms with Gasteiger partial charge in [0.05, 0.1) is 5.51 Å². The summed E-state index contributed by atoms with van der Waals surface area (Å²) in [7, 11) is 0. The molecule has 0 spiro atoms. The highest BCUT2D eigenvalue weighted by Gasteiger charge is 2.21. The Morgan fingerprint density at radius 2 is 2.39 bits per heavy atom. The van der Waals surface area contributed by atoms with Gasteiger partial charge in [0.2, 0.25) is 0 Å². The summed E-state index contributed by atoms with van der Waals surface area (Å²) in [6.45, 7) is 0.852. The van der Waals surface area contributed by atoms with E-state index >= 15 is 0 Å². The summed E-state index contributed by atoms with van der Waals surface area (Å²) >= 11 is 1.67. The Labute approximate surface area is 111 Å². The number of aromatic hydroxyl groups is 1. The van der Waals surface area contributed by atoms with Crippen molar-refractivity contribution in [1.29, 1.82) is 0 Å². The number of nitrogens with one attached hydrogen (secondary N) is 1. The van der Waals surface area contributed by atoms with Crippen LogP contribution < -0.4 is 5.32 Å². The lowest BCUT2D eigenvalue weighted by atomic mass is 9.87. The van der Waals surface area contributed by atoms with E-state index in [1.807, 2.05) is 17.8 Å². The van der Waals surface area contributed by atoms with Crippen LogP contribution in [-0.4, -0.2) is 10.1 Å². The molecular weight excluding hydrogens is 244 g/mol. The smallest absolute Gasteiger partial charge is 0.119 e. The van der Waals surface area contributed by atoms with Crippen LogP contribution in [-0.2, 0) is 13.0 Å². The quantitative estimate of drug-likeness (QED) is 0.891. The number of fused-ring (bicyclic) bond motifs is 1. The summed E-state index contributed by atoms with van der Waals surface area (Å²) < 4.78 is 0. The van der Waals surface area contributed by atoms with Crippen LogP contribution in [0.15, 0.2) is 29.9 Å². The third-order valence-corrected chi connectivity index (χ3v) is 4.27. The first-order valence-corrected chi connectivity index (χ1v) is 7.14. The van der Waals surface area contributed by atoms with Crippen LogP contribution in [0.5, 0.6) is 5.75 Å². The molecule has 0 aliphatic heterocycles. The SMILES string of the molecule is Oc1cccc2c1CCCC2NCc1cncs1. The number of hydrogen-bond acceptors (Lipinski definition) is 4. The maximum Gasteiger partial charge on any atom is 0.119 e. The minimum absolute atomic E-state index is 0.350. The highest BCUT2D eigenvalue weighted by molar-refractivity contribution is 7.09. The molecule has 0 saturated heterocycles. The second kappa shape index (κ2) is 5.08. The Balaban J connectivity index is 1.77. The molecule has 18 heavy (non-hydrogen) atoms. The summed E-state index contributed by atoms with van der Waals surface area (Å²) in [5.74, 6) is 0.441. The van der Waals surface area contributed by atoms with Crippen LogP contribution in [0, 0.1) is 0 Å². The fourth-order valence-corrected chi connectivity index (χ4v) is 3.14. The molecule has 1 aliphatic rings. The van der Waals surface area contributed by atoms with Crippen LogP contribution in [0.4, 0.5) is 0 Å². The van der Waals surface area contributed by atoms with Crippen molar-refractivity contribution in [3.8, 4) is 5.75 Å². The number of thiazole rings is 1. The molecule has 94 valence electrons. The lowest BCUT2D eigenvalue weighted by Crippen LogP contribution is -2.24. The second-order valence-corrected chi connectivity index (χ2v) is 5.61. The Morgan fingerprint density at radius 3 is 3.22 bits per heavy atom. The predicted octanol–water partition coefficient (Wildman–Crippen LogP) is 3.02. The summed E-state index contributed by atoms with van der Waals surface area (Å²) in [6, 6.07) is 6.19. The van der Waals surface area contributed by atoms with Crippen LogP contribution in [0.3, 0.4) is 0 Å². The lowest BCUT2D eigenvalue weighted by Gasteiger charge is -2.26. The molecule has 1 aromatic carbocycles. The van der Waals surface area contributed by atoms with E-state index in [2.05, 4.69) is 16.4 Å². The zero-order chi connectivity index (χ0) is 12.4. The van der Waals surface area contributed by atoms with Gasteiger partial charge >= 0.3 is 0 Å². The molecule has 0 fully saturated rings.